The lowest BCUT2D eigenvalue weighted by molar-refractivity contribution is 0.387. The molecule has 1 aromatic heterocycles. The molecule has 60 valence electrons. The minimum absolute atomic E-state index is 0.0434. The number of alkyl halides is 1. The molecule has 0 atom stereocenters. The average molecular weight is 157 g/mol. The van der Waals surface area contributed by atoms with Crippen LogP contribution in [0.15, 0.2) is 6.07 Å². The summed E-state index contributed by atoms with van der Waals surface area (Å²) in [6, 6.07) is 1.43. The topological polar surface area (TPSA) is 61.0 Å². The van der Waals surface area contributed by atoms with Gasteiger partial charge in [-0.2, -0.15) is 4.98 Å². The van der Waals surface area contributed by atoms with Crippen LogP contribution in [0.3, 0.4) is 0 Å². The van der Waals surface area contributed by atoms with Crippen LogP contribution in [0.2, 0.25) is 0 Å². The number of hydrogen-bond donors (Lipinski definition) is 1. The Morgan fingerprint density at radius 3 is 2.91 bits per heavy atom. The Hall–Kier alpha value is -1.39. The maximum Gasteiger partial charge on any atom is 0.218 e. The third-order valence-corrected chi connectivity index (χ3v) is 1.10. The van der Waals surface area contributed by atoms with E-state index < -0.39 is 6.67 Å². The Morgan fingerprint density at radius 1 is 1.64 bits per heavy atom. The van der Waals surface area contributed by atoms with Crippen LogP contribution in [-0.4, -0.2) is 17.1 Å². The Labute approximate surface area is 63.2 Å². The van der Waals surface area contributed by atoms with E-state index >= 15 is 0 Å². The lowest BCUT2D eigenvalue weighted by atomic mass is 10.5. The molecule has 1 heterocycles. The maximum atomic E-state index is 12.0. The number of aromatic nitrogens is 2. The number of anilines is 1. The van der Waals surface area contributed by atoms with Crippen molar-refractivity contribution < 1.29 is 9.13 Å². The van der Waals surface area contributed by atoms with E-state index in [2.05, 4.69) is 9.97 Å². The van der Waals surface area contributed by atoms with Crippen molar-refractivity contribution in [2.75, 3.05) is 12.8 Å². The van der Waals surface area contributed by atoms with Gasteiger partial charge in [0, 0.05) is 6.07 Å². The molecule has 0 aliphatic heterocycles. The van der Waals surface area contributed by atoms with Crippen molar-refractivity contribution in [1.29, 1.82) is 0 Å². The van der Waals surface area contributed by atoms with Gasteiger partial charge in [-0.15, -0.1) is 0 Å². The third kappa shape index (κ3) is 1.76. The highest BCUT2D eigenvalue weighted by molar-refractivity contribution is 5.32. The minimum atomic E-state index is -0.735. The van der Waals surface area contributed by atoms with Gasteiger partial charge in [-0.3, -0.25) is 0 Å². The first-order chi connectivity index (χ1) is 5.26. The molecule has 0 radical (unpaired) electrons. The number of nitrogens with zero attached hydrogens (tertiary/aromatic N) is 2. The van der Waals surface area contributed by atoms with Gasteiger partial charge in [0.05, 0.1) is 7.11 Å². The van der Waals surface area contributed by atoms with E-state index in [1.54, 1.807) is 0 Å². The molecule has 1 rings (SSSR count). The molecule has 11 heavy (non-hydrogen) atoms. The largest absolute Gasteiger partial charge is 0.481 e. The summed E-state index contributed by atoms with van der Waals surface area (Å²) >= 11 is 0. The second-order valence-electron chi connectivity index (χ2n) is 1.89. The van der Waals surface area contributed by atoms with Crippen LogP contribution >= 0.6 is 0 Å². The fourth-order valence-electron chi connectivity index (χ4n) is 0.657. The predicted molar refractivity (Wildman–Crippen MR) is 37.8 cm³/mol. The fourth-order valence-corrected chi connectivity index (χ4v) is 0.657. The van der Waals surface area contributed by atoms with Gasteiger partial charge in [-0.25, -0.2) is 9.37 Å². The third-order valence-electron chi connectivity index (χ3n) is 1.10. The van der Waals surface area contributed by atoms with Gasteiger partial charge in [0.1, 0.15) is 12.5 Å². The lowest BCUT2D eigenvalue weighted by Gasteiger charge is -2.00. The van der Waals surface area contributed by atoms with Crippen LogP contribution in [-0.2, 0) is 6.67 Å². The first-order valence-electron chi connectivity index (χ1n) is 2.99. The highest BCUT2D eigenvalue weighted by Crippen LogP contribution is 2.10. The van der Waals surface area contributed by atoms with Crippen LogP contribution in [0.5, 0.6) is 5.88 Å². The normalized spacial score (nSPS) is 9.64. The fraction of sp³-hybridized carbons (Fsp3) is 0.333. The Balaban J connectivity index is 3.02. The predicted octanol–water partition coefficient (Wildman–Crippen LogP) is 0.537. The standard InChI is InChI=1S/C6H8FN3O/c1-11-6-2-4(8)9-5(3-7)10-6/h2H,3H2,1H3,(H2,8,9,10). The van der Waals surface area contributed by atoms with E-state index in [1.807, 2.05) is 0 Å². The number of methoxy groups -OCH3 is 1. The molecule has 0 spiro atoms. The van der Waals surface area contributed by atoms with Crippen molar-refractivity contribution in [1.82, 2.24) is 9.97 Å². The first-order valence-corrected chi connectivity index (χ1v) is 2.99. The van der Waals surface area contributed by atoms with Gasteiger partial charge in [0.15, 0.2) is 5.82 Å². The molecule has 0 aliphatic carbocycles. The summed E-state index contributed by atoms with van der Waals surface area (Å²) < 4.78 is 16.7. The van der Waals surface area contributed by atoms with E-state index in [0.29, 0.717) is 0 Å². The van der Waals surface area contributed by atoms with Gasteiger partial charge in [-0.05, 0) is 0 Å². The van der Waals surface area contributed by atoms with E-state index in [-0.39, 0.29) is 17.5 Å². The van der Waals surface area contributed by atoms with E-state index in [4.69, 9.17) is 10.5 Å². The molecule has 0 saturated heterocycles. The SMILES string of the molecule is COc1cc(N)nc(CF)n1. The molecule has 0 saturated carbocycles. The second-order valence-corrected chi connectivity index (χ2v) is 1.89. The molecule has 0 bridgehead atoms. The van der Waals surface area contributed by atoms with E-state index in [0.717, 1.165) is 0 Å². The highest BCUT2D eigenvalue weighted by atomic mass is 19.1. The van der Waals surface area contributed by atoms with E-state index in [1.165, 1.54) is 13.2 Å². The van der Waals surface area contributed by atoms with Crippen LogP contribution in [0, 0.1) is 0 Å². The minimum Gasteiger partial charge on any atom is -0.481 e. The summed E-state index contributed by atoms with van der Waals surface area (Å²) in [6.07, 6.45) is 0. The maximum absolute atomic E-state index is 12.0. The zero-order chi connectivity index (χ0) is 8.27. The number of ether oxygens (including phenoxy) is 1. The van der Waals surface area contributed by atoms with Crippen molar-refractivity contribution >= 4 is 5.82 Å². The molecular weight excluding hydrogens is 149 g/mol. The molecule has 5 heteroatoms. The lowest BCUT2D eigenvalue weighted by Crippen LogP contribution is -1.99. The van der Waals surface area contributed by atoms with E-state index in [9.17, 15) is 4.39 Å². The molecule has 2 N–H and O–H groups in total. The summed E-state index contributed by atoms with van der Waals surface area (Å²) in [7, 11) is 1.43. The van der Waals surface area contributed by atoms with Gasteiger partial charge in [0.25, 0.3) is 0 Å². The Bertz CT molecular complexity index is 231. The van der Waals surface area contributed by atoms with Crippen molar-refractivity contribution in [3.63, 3.8) is 0 Å². The highest BCUT2D eigenvalue weighted by Gasteiger charge is 2.00. The Kier molecular flexibility index (Phi) is 2.20. The molecule has 1 aromatic rings. The van der Waals surface area contributed by atoms with Crippen molar-refractivity contribution in [2.24, 2.45) is 0 Å². The van der Waals surface area contributed by atoms with Crippen LogP contribution < -0.4 is 10.5 Å². The second kappa shape index (κ2) is 3.14. The number of hydrogen-bond acceptors (Lipinski definition) is 4. The smallest absolute Gasteiger partial charge is 0.218 e. The first kappa shape index (κ1) is 7.71. The molecule has 0 aliphatic rings. The summed E-state index contributed by atoms with van der Waals surface area (Å²) in [4.78, 5) is 7.29. The molecule has 0 amide bonds. The van der Waals surface area contributed by atoms with Crippen molar-refractivity contribution in [3.05, 3.63) is 11.9 Å². The molecule has 0 unspecified atom stereocenters. The summed E-state index contributed by atoms with van der Waals surface area (Å²) in [6.45, 7) is -0.735. The molecule has 0 aromatic carbocycles. The summed E-state index contributed by atoms with van der Waals surface area (Å²) in [5.74, 6) is 0.538. The summed E-state index contributed by atoms with van der Waals surface area (Å²) in [5.41, 5.74) is 5.31. The zero-order valence-electron chi connectivity index (χ0n) is 6.04. The quantitative estimate of drug-likeness (QED) is 0.680. The van der Waals surface area contributed by atoms with Gasteiger partial charge < -0.3 is 10.5 Å². The molecule has 0 fully saturated rings. The zero-order valence-corrected chi connectivity index (χ0v) is 6.04. The van der Waals surface area contributed by atoms with Crippen LogP contribution in [0.25, 0.3) is 0 Å². The van der Waals surface area contributed by atoms with Gasteiger partial charge in [0.2, 0.25) is 5.88 Å². The Morgan fingerprint density at radius 2 is 2.36 bits per heavy atom. The monoisotopic (exact) mass is 157 g/mol. The van der Waals surface area contributed by atoms with Gasteiger partial charge in [-0.1, -0.05) is 0 Å². The van der Waals surface area contributed by atoms with Crippen molar-refractivity contribution in [3.8, 4) is 5.88 Å². The van der Waals surface area contributed by atoms with Crippen molar-refractivity contribution in [2.45, 2.75) is 6.67 Å². The van der Waals surface area contributed by atoms with Crippen LogP contribution in [0.4, 0.5) is 10.2 Å². The van der Waals surface area contributed by atoms with Crippen LogP contribution in [0.1, 0.15) is 5.82 Å². The summed E-state index contributed by atoms with van der Waals surface area (Å²) in [5, 5.41) is 0. The van der Waals surface area contributed by atoms with Gasteiger partial charge >= 0.3 is 0 Å². The molecule has 4 nitrogen and oxygen atoms in total. The molecular formula is C6H8FN3O. The number of nitrogen functional groups attached to an aromatic ring is 1. The number of rotatable bonds is 2. The average Bonchev–Trinajstić information content (AvgIpc) is 2.03. The number of nitrogens with two attached hydrogens (primary N) is 1. The number of halogens is 1.